The van der Waals surface area contributed by atoms with E-state index in [9.17, 15) is 9.59 Å². The van der Waals surface area contributed by atoms with Gasteiger partial charge >= 0.3 is 5.97 Å². The van der Waals surface area contributed by atoms with Gasteiger partial charge in [-0.1, -0.05) is 12.1 Å². The van der Waals surface area contributed by atoms with E-state index in [1.807, 2.05) is 0 Å². The molecule has 8 heteroatoms. The van der Waals surface area contributed by atoms with E-state index in [4.69, 9.17) is 5.26 Å². The number of nitrogens with one attached hydrogen (secondary N) is 2. The van der Waals surface area contributed by atoms with Crippen LogP contribution in [0.3, 0.4) is 0 Å². The first-order chi connectivity index (χ1) is 13.6. The highest BCUT2D eigenvalue weighted by molar-refractivity contribution is 6.03. The number of nitriles is 1. The van der Waals surface area contributed by atoms with Crippen molar-refractivity contribution in [3.8, 4) is 6.07 Å². The van der Waals surface area contributed by atoms with Crippen LogP contribution in [-0.2, 0) is 4.74 Å². The maximum Gasteiger partial charge on any atom is 0.337 e. The van der Waals surface area contributed by atoms with Crippen LogP contribution in [0.4, 0.5) is 17.2 Å². The third-order valence-corrected chi connectivity index (χ3v) is 3.69. The smallest absolute Gasteiger partial charge is 0.337 e. The van der Waals surface area contributed by atoms with Crippen molar-refractivity contribution in [2.45, 2.75) is 0 Å². The Kier molecular flexibility index (Phi) is 5.58. The first-order valence-corrected chi connectivity index (χ1v) is 8.18. The molecule has 1 aromatic heterocycles. The Bertz CT molecular complexity index is 1060. The highest BCUT2D eigenvalue weighted by Gasteiger charge is 2.11. The molecule has 2 aromatic carbocycles. The lowest BCUT2D eigenvalue weighted by molar-refractivity contribution is 0.0600. The second kappa shape index (κ2) is 8.42. The molecule has 1 heterocycles. The molecule has 0 bridgehead atoms. The molecule has 0 spiro atoms. The zero-order valence-electron chi connectivity index (χ0n) is 14.8. The lowest BCUT2D eigenvalue weighted by Gasteiger charge is -2.08. The summed E-state index contributed by atoms with van der Waals surface area (Å²) in [5, 5.41) is 14.6. The number of aromatic nitrogens is 2. The van der Waals surface area contributed by atoms with Crippen LogP contribution >= 0.6 is 0 Å². The summed E-state index contributed by atoms with van der Waals surface area (Å²) in [5.41, 5.74) is 2.07. The van der Waals surface area contributed by atoms with Crippen molar-refractivity contribution in [3.05, 3.63) is 77.7 Å². The average Bonchev–Trinajstić information content (AvgIpc) is 2.74. The normalized spacial score (nSPS) is 9.86. The number of ether oxygens (including phenoxy) is 1. The van der Waals surface area contributed by atoms with Crippen LogP contribution in [0.5, 0.6) is 0 Å². The Labute approximate surface area is 160 Å². The number of methoxy groups -OCH3 is 1. The van der Waals surface area contributed by atoms with Crippen LogP contribution in [0.1, 0.15) is 26.4 Å². The number of hydrogen-bond acceptors (Lipinski definition) is 7. The van der Waals surface area contributed by atoms with E-state index in [2.05, 4.69) is 31.4 Å². The summed E-state index contributed by atoms with van der Waals surface area (Å²) in [4.78, 5) is 32.2. The Hall–Kier alpha value is -4.25. The van der Waals surface area contributed by atoms with Crippen LogP contribution in [-0.4, -0.2) is 29.0 Å². The number of esters is 1. The SMILES string of the molecule is COC(=O)c1cccc(NC(=O)c2cnc(Nc3cccc(C#N)c3)cn2)c1. The van der Waals surface area contributed by atoms with Gasteiger partial charge in [-0.05, 0) is 36.4 Å². The largest absolute Gasteiger partial charge is 0.465 e. The van der Waals surface area contributed by atoms with Gasteiger partial charge in [0, 0.05) is 11.4 Å². The number of amides is 1. The van der Waals surface area contributed by atoms with Crippen LogP contribution in [0.25, 0.3) is 0 Å². The highest BCUT2D eigenvalue weighted by Crippen LogP contribution is 2.16. The van der Waals surface area contributed by atoms with E-state index in [-0.39, 0.29) is 5.69 Å². The third-order valence-electron chi connectivity index (χ3n) is 3.69. The number of nitrogens with zero attached hydrogens (tertiary/aromatic N) is 3. The lowest BCUT2D eigenvalue weighted by Crippen LogP contribution is -2.14. The monoisotopic (exact) mass is 373 g/mol. The quantitative estimate of drug-likeness (QED) is 0.660. The summed E-state index contributed by atoms with van der Waals surface area (Å²) in [6.45, 7) is 0. The molecule has 0 aliphatic rings. The van der Waals surface area contributed by atoms with Crippen molar-refractivity contribution in [1.82, 2.24) is 9.97 Å². The van der Waals surface area contributed by atoms with Crippen molar-refractivity contribution < 1.29 is 14.3 Å². The van der Waals surface area contributed by atoms with Crippen molar-refractivity contribution in [1.29, 1.82) is 5.26 Å². The van der Waals surface area contributed by atoms with Gasteiger partial charge in [-0.3, -0.25) is 4.79 Å². The lowest BCUT2D eigenvalue weighted by atomic mass is 10.2. The third kappa shape index (κ3) is 4.47. The molecule has 0 saturated heterocycles. The summed E-state index contributed by atoms with van der Waals surface area (Å²) >= 11 is 0. The molecule has 8 nitrogen and oxygen atoms in total. The summed E-state index contributed by atoms with van der Waals surface area (Å²) < 4.78 is 4.66. The van der Waals surface area contributed by atoms with Crippen LogP contribution in [0.15, 0.2) is 60.9 Å². The molecule has 28 heavy (non-hydrogen) atoms. The zero-order valence-corrected chi connectivity index (χ0v) is 14.8. The molecule has 0 radical (unpaired) electrons. The van der Waals surface area contributed by atoms with Crippen molar-refractivity contribution in [3.63, 3.8) is 0 Å². The molecule has 0 fully saturated rings. The number of anilines is 3. The van der Waals surface area contributed by atoms with Gasteiger partial charge in [0.2, 0.25) is 0 Å². The maximum absolute atomic E-state index is 12.3. The summed E-state index contributed by atoms with van der Waals surface area (Å²) in [6.07, 6.45) is 2.74. The standard InChI is InChI=1S/C20H15N5O3/c1-28-20(27)14-5-3-7-16(9-14)25-19(26)17-11-23-18(12-22-17)24-15-6-2-4-13(8-15)10-21/h2-9,11-12H,1H3,(H,23,24)(H,25,26). The Morgan fingerprint density at radius 2 is 1.82 bits per heavy atom. The minimum Gasteiger partial charge on any atom is -0.465 e. The molecule has 0 saturated carbocycles. The summed E-state index contributed by atoms with van der Waals surface area (Å²) in [5.74, 6) is -0.529. The van der Waals surface area contributed by atoms with E-state index in [1.54, 1.807) is 42.5 Å². The van der Waals surface area contributed by atoms with Gasteiger partial charge in [-0.2, -0.15) is 5.26 Å². The first kappa shape index (κ1) is 18.5. The zero-order chi connectivity index (χ0) is 19.9. The molecule has 3 aromatic rings. The number of carbonyl (C=O) groups excluding carboxylic acids is 2. The second-order valence-electron chi connectivity index (χ2n) is 5.63. The van der Waals surface area contributed by atoms with Gasteiger partial charge in [-0.25, -0.2) is 14.8 Å². The molecule has 3 rings (SSSR count). The number of rotatable bonds is 5. The van der Waals surface area contributed by atoms with Gasteiger partial charge in [0.25, 0.3) is 5.91 Å². The molecule has 0 aliphatic heterocycles. The predicted molar refractivity (Wildman–Crippen MR) is 102 cm³/mol. The van der Waals surface area contributed by atoms with Gasteiger partial charge in [-0.15, -0.1) is 0 Å². The molecular formula is C20H15N5O3. The van der Waals surface area contributed by atoms with Crippen LogP contribution in [0, 0.1) is 11.3 Å². The molecule has 0 aliphatic carbocycles. The van der Waals surface area contributed by atoms with Gasteiger partial charge < -0.3 is 15.4 Å². The predicted octanol–water partition coefficient (Wildman–Crippen LogP) is 3.13. The number of carbonyl (C=O) groups is 2. The first-order valence-electron chi connectivity index (χ1n) is 8.18. The number of benzene rings is 2. The van der Waals surface area contributed by atoms with Crippen molar-refractivity contribution in [2.75, 3.05) is 17.7 Å². The van der Waals surface area contributed by atoms with E-state index in [1.165, 1.54) is 25.6 Å². The number of hydrogen-bond donors (Lipinski definition) is 2. The maximum atomic E-state index is 12.3. The topological polar surface area (TPSA) is 117 Å². The van der Waals surface area contributed by atoms with E-state index < -0.39 is 11.9 Å². The summed E-state index contributed by atoms with van der Waals surface area (Å²) in [6, 6.07) is 15.3. The summed E-state index contributed by atoms with van der Waals surface area (Å²) in [7, 11) is 1.29. The van der Waals surface area contributed by atoms with E-state index >= 15 is 0 Å². The minimum atomic E-state index is -0.494. The second-order valence-corrected chi connectivity index (χ2v) is 5.63. The van der Waals surface area contributed by atoms with Crippen molar-refractivity contribution in [2.24, 2.45) is 0 Å². The average molecular weight is 373 g/mol. The molecule has 0 atom stereocenters. The Morgan fingerprint density at radius 3 is 2.54 bits per heavy atom. The molecular weight excluding hydrogens is 358 g/mol. The van der Waals surface area contributed by atoms with E-state index in [0.717, 1.165) is 0 Å². The van der Waals surface area contributed by atoms with E-state index in [0.29, 0.717) is 28.3 Å². The molecule has 138 valence electrons. The molecule has 0 unspecified atom stereocenters. The fourth-order valence-corrected chi connectivity index (χ4v) is 2.36. The van der Waals surface area contributed by atoms with Crippen LogP contribution < -0.4 is 10.6 Å². The fourth-order valence-electron chi connectivity index (χ4n) is 2.36. The minimum absolute atomic E-state index is 0.111. The van der Waals surface area contributed by atoms with Crippen molar-refractivity contribution >= 4 is 29.1 Å². The van der Waals surface area contributed by atoms with Gasteiger partial charge in [0.1, 0.15) is 11.5 Å². The molecule has 2 N–H and O–H groups in total. The van der Waals surface area contributed by atoms with Gasteiger partial charge in [0.15, 0.2) is 0 Å². The van der Waals surface area contributed by atoms with Gasteiger partial charge in [0.05, 0.1) is 36.7 Å². The Balaban J connectivity index is 1.68. The highest BCUT2D eigenvalue weighted by atomic mass is 16.5. The fraction of sp³-hybridized carbons (Fsp3) is 0.0500. The molecule has 1 amide bonds. The Morgan fingerprint density at radius 1 is 1.04 bits per heavy atom. The van der Waals surface area contributed by atoms with Crippen LogP contribution in [0.2, 0.25) is 0 Å².